The number of halogens is 15. The smallest absolute Gasteiger partial charge is 0.460 e. The van der Waals surface area contributed by atoms with Gasteiger partial charge in [0, 0.05) is 13.2 Å². The highest BCUT2D eigenvalue weighted by Gasteiger charge is 2.95. The van der Waals surface area contributed by atoms with E-state index in [0.717, 1.165) is 6.92 Å². The van der Waals surface area contributed by atoms with Crippen LogP contribution in [0.3, 0.4) is 0 Å². The predicted octanol–water partition coefficient (Wildman–Crippen LogP) is 6.08. The fourth-order valence-corrected chi connectivity index (χ4v) is 2.51. The zero-order valence-electron chi connectivity index (χ0n) is 17.6. The summed E-state index contributed by atoms with van der Waals surface area (Å²) in [6.07, 6.45) is -9.97. The summed E-state index contributed by atoms with van der Waals surface area (Å²) in [7, 11) is 0. The zero-order chi connectivity index (χ0) is 28.5. The lowest BCUT2D eigenvalue weighted by atomic mass is 9.87. The Morgan fingerprint density at radius 2 is 0.829 bits per heavy atom. The number of carbonyl (C=O) groups excluding carboxylic acids is 1. The number of esters is 1. The predicted molar refractivity (Wildman–Crippen MR) is 83.0 cm³/mol. The summed E-state index contributed by atoms with van der Waals surface area (Å²) in [6.45, 7) is -0.631. The maximum Gasteiger partial charge on any atom is 0.460 e. The second-order valence-corrected chi connectivity index (χ2v) is 6.54. The van der Waals surface area contributed by atoms with Gasteiger partial charge in [0.15, 0.2) is 0 Å². The highest BCUT2D eigenvalue weighted by Crippen LogP contribution is 2.64. The second kappa shape index (κ2) is 10.0. The molecule has 0 amide bonds. The van der Waals surface area contributed by atoms with Gasteiger partial charge in [-0.25, -0.2) is 0 Å². The van der Waals surface area contributed by atoms with E-state index in [1.807, 2.05) is 0 Å². The van der Waals surface area contributed by atoms with E-state index in [1.165, 1.54) is 0 Å². The average molecular weight is 558 g/mol. The highest BCUT2D eigenvalue weighted by molar-refractivity contribution is 5.70. The first-order chi connectivity index (χ1) is 15.3. The van der Waals surface area contributed by atoms with Gasteiger partial charge in [-0.05, 0) is 20.8 Å². The summed E-state index contributed by atoms with van der Waals surface area (Å²) >= 11 is 0. The van der Waals surface area contributed by atoms with Crippen molar-refractivity contribution >= 4 is 5.97 Å². The van der Waals surface area contributed by atoms with Crippen LogP contribution in [-0.2, 0) is 19.0 Å². The molecule has 0 fully saturated rings. The van der Waals surface area contributed by atoms with Gasteiger partial charge >= 0.3 is 47.7 Å². The van der Waals surface area contributed by atoms with E-state index >= 15 is 0 Å². The van der Waals surface area contributed by atoms with Crippen molar-refractivity contribution in [1.29, 1.82) is 0 Å². The van der Waals surface area contributed by atoms with E-state index < -0.39 is 79.7 Å². The van der Waals surface area contributed by atoms with Crippen LogP contribution in [0, 0.1) is 0 Å². The van der Waals surface area contributed by atoms with Gasteiger partial charge in [0.25, 0.3) is 5.79 Å². The molecule has 19 heteroatoms. The summed E-state index contributed by atoms with van der Waals surface area (Å²) in [5.74, 6) is -54.8. The van der Waals surface area contributed by atoms with Crippen molar-refractivity contribution in [3.63, 3.8) is 0 Å². The first kappa shape index (κ1) is 33.3. The molecule has 0 unspecified atom stereocenters. The molecule has 0 bridgehead atoms. The van der Waals surface area contributed by atoms with Crippen LogP contribution in [0.4, 0.5) is 65.9 Å². The number of alkyl halides is 15. The average Bonchev–Trinajstić information content (AvgIpc) is 2.66. The minimum Gasteiger partial charge on any atom is -0.466 e. The maximum atomic E-state index is 14.8. The monoisotopic (exact) mass is 558 g/mol. The van der Waals surface area contributed by atoms with E-state index in [4.69, 9.17) is 0 Å². The van der Waals surface area contributed by atoms with Crippen molar-refractivity contribution in [3.05, 3.63) is 0 Å². The topological polar surface area (TPSA) is 44.8 Å². The van der Waals surface area contributed by atoms with Crippen LogP contribution >= 0.6 is 0 Å². The van der Waals surface area contributed by atoms with Crippen LogP contribution in [0.15, 0.2) is 0 Å². The SMILES string of the molecule is CCOC(=O)CC(OCC)(OCC)C(F)(F)C(F)(F)C(F)(F)C(F)(F)C(F)(F)C(F)(F)C(F)(F)F. The molecule has 0 saturated heterocycles. The number of hydrogen-bond acceptors (Lipinski definition) is 4. The molecule has 0 atom stereocenters. The Balaban J connectivity index is 7.06. The minimum absolute atomic E-state index is 0.651. The van der Waals surface area contributed by atoms with Gasteiger partial charge < -0.3 is 14.2 Å². The molecular weight excluding hydrogens is 541 g/mol. The van der Waals surface area contributed by atoms with Gasteiger partial charge in [-0.15, -0.1) is 0 Å². The molecule has 0 aromatic carbocycles. The van der Waals surface area contributed by atoms with E-state index in [0.29, 0.717) is 13.8 Å². The Morgan fingerprint density at radius 1 is 0.514 bits per heavy atom. The molecule has 0 aromatic rings. The molecule has 0 rings (SSSR count). The number of carbonyl (C=O) groups is 1. The highest BCUT2D eigenvalue weighted by atomic mass is 19.4. The molecule has 0 heterocycles. The van der Waals surface area contributed by atoms with Crippen molar-refractivity contribution in [1.82, 2.24) is 0 Å². The Kier molecular flexibility index (Phi) is 9.53. The quantitative estimate of drug-likeness (QED) is 0.156. The van der Waals surface area contributed by atoms with Crippen molar-refractivity contribution in [2.45, 2.75) is 74.7 Å². The number of hydrogen-bond donors (Lipinski definition) is 0. The Morgan fingerprint density at radius 3 is 1.11 bits per heavy atom. The summed E-state index contributed by atoms with van der Waals surface area (Å²) in [5, 5.41) is 0. The van der Waals surface area contributed by atoms with E-state index in [2.05, 4.69) is 14.2 Å². The third-order valence-corrected chi connectivity index (χ3v) is 4.24. The van der Waals surface area contributed by atoms with E-state index in [-0.39, 0.29) is 0 Å². The van der Waals surface area contributed by atoms with E-state index in [1.54, 1.807) is 0 Å². The molecular formula is C16H17F15O4. The van der Waals surface area contributed by atoms with Gasteiger partial charge in [0.2, 0.25) is 0 Å². The molecule has 0 aliphatic rings. The van der Waals surface area contributed by atoms with Crippen LogP contribution in [-0.4, -0.2) is 73.3 Å². The standard InChI is InChI=1S/C16H17F15O4/c1-4-33-8(32)7-9(34-5-2,35-6-3)10(17,18)11(19,20)12(21,22)13(23,24)14(25,26)15(27,28)16(29,30)31/h4-7H2,1-3H3. The zero-order valence-corrected chi connectivity index (χ0v) is 17.6. The van der Waals surface area contributed by atoms with E-state index in [9.17, 15) is 70.7 Å². The first-order valence-electron chi connectivity index (χ1n) is 9.10. The van der Waals surface area contributed by atoms with Crippen LogP contribution < -0.4 is 0 Å². The van der Waals surface area contributed by atoms with Gasteiger partial charge in [0.1, 0.15) is 6.42 Å². The van der Waals surface area contributed by atoms with Gasteiger partial charge in [-0.1, -0.05) is 0 Å². The largest absolute Gasteiger partial charge is 0.466 e. The molecule has 0 aromatic heterocycles. The lowest BCUT2D eigenvalue weighted by molar-refractivity contribution is -0.473. The van der Waals surface area contributed by atoms with Crippen LogP contribution in [0.2, 0.25) is 0 Å². The number of ether oxygens (including phenoxy) is 3. The summed E-state index contributed by atoms with van der Waals surface area (Å²) in [6, 6.07) is 0. The fourth-order valence-electron chi connectivity index (χ4n) is 2.51. The summed E-state index contributed by atoms with van der Waals surface area (Å²) in [5.41, 5.74) is 0. The maximum absolute atomic E-state index is 14.8. The molecule has 0 radical (unpaired) electrons. The molecule has 0 aliphatic carbocycles. The Labute approximate surface area is 186 Å². The molecule has 0 aliphatic heterocycles. The molecule has 4 nitrogen and oxygen atoms in total. The number of rotatable bonds is 13. The summed E-state index contributed by atoms with van der Waals surface area (Å²) in [4.78, 5) is 11.6. The van der Waals surface area contributed by atoms with Crippen LogP contribution in [0.25, 0.3) is 0 Å². The Hall–Kier alpha value is -1.66. The molecule has 0 spiro atoms. The van der Waals surface area contributed by atoms with Crippen molar-refractivity contribution < 1.29 is 84.9 Å². The minimum atomic E-state index is -8.47. The lowest BCUT2D eigenvalue weighted by Gasteiger charge is -2.46. The Bertz CT molecular complexity index is 727. The fraction of sp³-hybridized carbons (Fsp3) is 0.938. The molecule has 0 N–H and O–H groups in total. The van der Waals surface area contributed by atoms with Crippen LogP contribution in [0.1, 0.15) is 27.2 Å². The van der Waals surface area contributed by atoms with Crippen LogP contribution in [0.5, 0.6) is 0 Å². The molecule has 0 saturated carbocycles. The molecule has 210 valence electrons. The van der Waals surface area contributed by atoms with Crippen molar-refractivity contribution in [3.8, 4) is 0 Å². The van der Waals surface area contributed by atoms with Gasteiger partial charge in [-0.2, -0.15) is 65.9 Å². The van der Waals surface area contributed by atoms with Gasteiger partial charge in [-0.3, -0.25) is 4.79 Å². The first-order valence-corrected chi connectivity index (χ1v) is 9.10. The molecule has 35 heavy (non-hydrogen) atoms. The lowest BCUT2D eigenvalue weighted by Crippen LogP contribution is -2.76. The third-order valence-electron chi connectivity index (χ3n) is 4.24. The second-order valence-electron chi connectivity index (χ2n) is 6.54. The summed E-state index contributed by atoms with van der Waals surface area (Å²) < 4.78 is 215. The van der Waals surface area contributed by atoms with Crippen molar-refractivity contribution in [2.24, 2.45) is 0 Å². The van der Waals surface area contributed by atoms with Gasteiger partial charge in [0.05, 0.1) is 6.61 Å². The normalized spacial score (nSPS) is 15.4. The third kappa shape index (κ3) is 4.98. The van der Waals surface area contributed by atoms with Crippen molar-refractivity contribution in [2.75, 3.05) is 19.8 Å².